The van der Waals surface area contributed by atoms with Gasteiger partial charge in [0.1, 0.15) is 0 Å². The third-order valence-corrected chi connectivity index (χ3v) is 2.38. The lowest BCUT2D eigenvalue weighted by Crippen LogP contribution is -2.45. The van der Waals surface area contributed by atoms with Crippen molar-refractivity contribution in [2.45, 2.75) is 12.5 Å². The van der Waals surface area contributed by atoms with Gasteiger partial charge in [-0.15, -0.1) is 0 Å². The summed E-state index contributed by atoms with van der Waals surface area (Å²) in [6, 6.07) is 4.69. The molecular formula is C11H17N3O3. The number of nitrogens with two attached hydrogens (primary N) is 2. The topological polar surface area (TPSA) is 99.6 Å². The van der Waals surface area contributed by atoms with E-state index in [0.717, 1.165) is 5.56 Å². The Morgan fingerprint density at radius 2 is 2.00 bits per heavy atom. The maximum Gasteiger partial charge on any atom is 0.251 e. The third-order valence-electron chi connectivity index (χ3n) is 2.38. The van der Waals surface area contributed by atoms with Gasteiger partial charge in [0.15, 0.2) is 11.5 Å². The lowest BCUT2D eigenvalue weighted by Gasteiger charge is -2.12. The van der Waals surface area contributed by atoms with Gasteiger partial charge in [-0.3, -0.25) is 10.2 Å². The Balaban J connectivity index is 2.82. The Kier molecular flexibility index (Phi) is 4.74. The van der Waals surface area contributed by atoms with Gasteiger partial charge in [-0.05, 0) is 24.1 Å². The van der Waals surface area contributed by atoms with Crippen molar-refractivity contribution in [2.24, 2.45) is 11.6 Å². The molecule has 0 aliphatic carbocycles. The van der Waals surface area contributed by atoms with Crippen LogP contribution >= 0.6 is 0 Å². The number of benzene rings is 1. The number of carbonyl (C=O) groups is 1. The lowest BCUT2D eigenvalue weighted by molar-refractivity contribution is -0.122. The minimum atomic E-state index is -0.682. The van der Waals surface area contributed by atoms with Crippen molar-refractivity contribution in [3.8, 4) is 11.5 Å². The van der Waals surface area contributed by atoms with Gasteiger partial charge in [0.25, 0.3) is 5.91 Å². The van der Waals surface area contributed by atoms with E-state index in [-0.39, 0.29) is 0 Å². The molecule has 1 unspecified atom stereocenters. The number of amides is 1. The second kappa shape index (κ2) is 6.07. The maximum absolute atomic E-state index is 11.2. The van der Waals surface area contributed by atoms with Gasteiger partial charge in [0, 0.05) is 0 Å². The molecule has 1 aromatic rings. The summed E-state index contributed by atoms with van der Waals surface area (Å²) < 4.78 is 10.3. The fourth-order valence-corrected chi connectivity index (χ4v) is 1.46. The van der Waals surface area contributed by atoms with Crippen molar-refractivity contribution in [3.63, 3.8) is 0 Å². The van der Waals surface area contributed by atoms with Crippen LogP contribution in [0, 0.1) is 0 Å². The number of methoxy groups -OCH3 is 2. The summed E-state index contributed by atoms with van der Waals surface area (Å²) in [5, 5.41) is 0. The van der Waals surface area contributed by atoms with Gasteiger partial charge >= 0.3 is 0 Å². The number of rotatable bonds is 5. The molecule has 0 heterocycles. The number of carbonyl (C=O) groups excluding carboxylic acids is 1. The summed E-state index contributed by atoms with van der Waals surface area (Å²) in [7, 11) is 3.11. The monoisotopic (exact) mass is 239 g/mol. The van der Waals surface area contributed by atoms with Gasteiger partial charge in [0.05, 0.1) is 20.3 Å². The summed E-state index contributed by atoms with van der Waals surface area (Å²) in [6.07, 6.45) is 0.378. The number of hydrogen-bond acceptors (Lipinski definition) is 5. The van der Waals surface area contributed by atoms with Gasteiger partial charge < -0.3 is 15.2 Å². The van der Waals surface area contributed by atoms with Crippen molar-refractivity contribution in [1.29, 1.82) is 0 Å². The van der Waals surface area contributed by atoms with E-state index in [1.807, 2.05) is 11.5 Å². The van der Waals surface area contributed by atoms with Crippen LogP contribution in [0.2, 0.25) is 0 Å². The van der Waals surface area contributed by atoms with E-state index in [1.165, 1.54) is 0 Å². The minimum absolute atomic E-state index is 0.378. The van der Waals surface area contributed by atoms with Crippen LogP contribution < -0.4 is 26.5 Å². The molecule has 1 amide bonds. The first-order chi connectivity index (χ1) is 8.12. The molecule has 17 heavy (non-hydrogen) atoms. The summed E-state index contributed by atoms with van der Waals surface area (Å²) in [5.41, 5.74) is 8.55. The van der Waals surface area contributed by atoms with E-state index in [2.05, 4.69) is 0 Å². The molecule has 0 aliphatic heterocycles. The summed E-state index contributed by atoms with van der Waals surface area (Å²) in [6.45, 7) is 0. The molecule has 94 valence electrons. The average Bonchev–Trinajstić information content (AvgIpc) is 2.37. The molecule has 5 N–H and O–H groups in total. The Bertz CT molecular complexity index is 396. The Labute approximate surface area is 99.8 Å². The minimum Gasteiger partial charge on any atom is -0.493 e. The van der Waals surface area contributed by atoms with Crippen molar-refractivity contribution >= 4 is 5.91 Å². The number of hydrazine groups is 1. The molecular weight excluding hydrogens is 222 g/mol. The van der Waals surface area contributed by atoms with E-state index < -0.39 is 11.9 Å². The molecule has 0 aromatic heterocycles. The van der Waals surface area contributed by atoms with Crippen LogP contribution in [-0.4, -0.2) is 26.2 Å². The van der Waals surface area contributed by atoms with Crippen molar-refractivity contribution < 1.29 is 14.3 Å². The zero-order valence-corrected chi connectivity index (χ0v) is 9.90. The number of ether oxygens (including phenoxy) is 2. The molecule has 0 radical (unpaired) electrons. The van der Waals surface area contributed by atoms with Crippen LogP contribution in [0.3, 0.4) is 0 Å². The highest BCUT2D eigenvalue weighted by Gasteiger charge is 2.14. The molecule has 6 nitrogen and oxygen atoms in total. The van der Waals surface area contributed by atoms with Crippen LogP contribution in [-0.2, 0) is 11.2 Å². The SMILES string of the molecule is COc1ccc(CC(N)C(=O)NN)cc1OC. The fraction of sp³-hybridized carbons (Fsp3) is 0.364. The maximum atomic E-state index is 11.2. The van der Waals surface area contributed by atoms with E-state index in [4.69, 9.17) is 21.1 Å². The van der Waals surface area contributed by atoms with Crippen LogP contribution in [0.15, 0.2) is 18.2 Å². The van der Waals surface area contributed by atoms with E-state index >= 15 is 0 Å². The van der Waals surface area contributed by atoms with E-state index in [9.17, 15) is 4.79 Å². The highest BCUT2D eigenvalue weighted by molar-refractivity contribution is 5.81. The van der Waals surface area contributed by atoms with Crippen LogP contribution in [0.5, 0.6) is 11.5 Å². The largest absolute Gasteiger partial charge is 0.493 e. The van der Waals surface area contributed by atoms with Crippen molar-refractivity contribution in [2.75, 3.05) is 14.2 Å². The molecule has 0 spiro atoms. The highest BCUT2D eigenvalue weighted by atomic mass is 16.5. The van der Waals surface area contributed by atoms with Crippen LogP contribution in [0.4, 0.5) is 0 Å². The molecule has 0 saturated heterocycles. The number of hydrogen-bond donors (Lipinski definition) is 3. The zero-order valence-electron chi connectivity index (χ0n) is 9.90. The van der Waals surface area contributed by atoms with Gasteiger partial charge in [-0.25, -0.2) is 5.84 Å². The molecule has 1 aromatic carbocycles. The molecule has 1 atom stereocenters. The predicted molar refractivity (Wildman–Crippen MR) is 63.6 cm³/mol. The summed E-state index contributed by atoms with van der Waals surface area (Å²) in [5.74, 6) is 5.84. The molecule has 6 heteroatoms. The third kappa shape index (κ3) is 3.33. The van der Waals surface area contributed by atoms with E-state index in [1.54, 1.807) is 26.4 Å². The lowest BCUT2D eigenvalue weighted by atomic mass is 10.1. The van der Waals surface area contributed by atoms with Crippen LogP contribution in [0.1, 0.15) is 5.56 Å². The normalized spacial score (nSPS) is 11.8. The number of nitrogens with one attached hydrogen (secondary N) is 1. The van der Waals surface area contributed by atoms with Crippen molar-refractivity contribution in [3.05, 3.63) is 23.8 Å². The van der Waals surface area contributed by atoms with Gasteiger partial charge in [-0.1, -0.05) is 6.07 Å². The van der Waals surface area contributed by atoms with Gasteiger partial charge in [-0.2, -0.15) is 0 Å². The highest BCUT2D eigenvalue weighted by Crippen LogP contribution is 2.27. The summed E-state index contributed by atoms with van der Waals surface area (Å²) in [4.78, 5) is 11.2. The Morgan fingerprint density at radius 1 is 1.35 bits per heavy atom. The molecule has 0 bridgehead atoms. The fourth-order valence-electron chi connectivity index (χ4n) is 1.46. The molecule has 0 aliphatic rings. The first kappa shape index (κ1) is 13.3. The standard InChI is InChI=1S/C11H17N3O3/c1-16-9-4-3-7(6-10(9)17-2)5-8(12)11(15)14-13/h3-4,6,8H,5,12-13H2,1-2H3,(H,14,15). The Hall–Kier alpha value is -1.79. The van der Waals surface area contributed by atoms with Crippen LogP contribution in [0.25, 0.3) is 0 Å². The smallest absolute Gasteiger partial charge is 0.251 e. The second-order valence-electron chi connectivity index (χ2n) is 3.51. The Morgan fingerprint density at radius 3 is 2.53 bits per heavy atom. The average molecular weight is 239 g/mol. The second-order valence-corrected chi connectivity index (χ2v) is 3.51. The predicted octanol–water partition coefficient (Wildman–Crippen LogP) is -0.436. The van der Waals surface area contributed by atoms with Crippen molar-refractivity contribution in [1.82, 2.24) is 5.43 Å². The molecule has 0 fully saturated rings. The van der Waals surface area contributed by atoms with Gasteiger partial charge in [0.2, 0.25) is 0 Å². The first-order valence-corrected chi connectivity index (χ1v) is 5.09. The first-order valence-electron chi connectivity index (χ1n) is 5.09. The molecule has 0 saturated carbocycles. The zero-order chi connectivity index (χ0) is 12.8. The quantitative estimate of drug-likeness (QED) is 0.367. The summed E-state index contributed by atoms with van der Waals surface area (Å²) >= 11 is 0. The van der Waals surface area contributed by atoms with E-state index in [0.29, 0.717) is 17.9 Å². The molecule has 1 rings (SSSR count).